The number of likely N-dealkylation sites (tertiary alicyclic amines) is 1. The summed E-state index contributed by atoms with van der Waals surface area (Å²) in [7, 11) is 2.21. The van der Waals surface area contributed by atoms with Crippen molar-refractivity contribution in [2.24, 2.45) is 0 Å². The molecule has 0 saturated carbocycles. The zero-order valence-corrected chi connectivity index (χ0v) is 15.9. The standard InChI is InChI=1S/C21H27N5/c1-16-13-19(26-20(23-16)14-17(2)24-26)22-15-21(9-11-25(3)12-10-21)18-7-5-4-6-8-18/h4-8,13-14,22H,9-12,15H2,1-3H3. The Hall–Kier alpha value is -2.40. The molecule has 4 rings (SSSR count). The van der Waals surface area contributed by atoms with Crippen LogP contribution in [0.2, 0.25) is 0 Å². The highest BCUT2D eigenvalue weighted by molar-refractivity contribution is 5.50. The minimum Gasteiger partial charge on any atom is -0.369 e. The van der Waals surface area contributed by atoms with Crippen LogP contribution in [-0.2, 0) is 5.41 Å². The Morgan fingerprint density at radius 1 is 1.04 bits per heavy atom. The second kappa shape index (κ2) is 6.72. The lowest BCUT2D eigenvalue weighted by molar-refractivity contribution is 0.195. The van der Waals surface area contributed by atoms with Crippen LogP contribution in [0.5, 0.6) is 0 Å². The highest BCUT2D eigenvalue weighted by atomic mass is 15.3. The molecule has 0 spiro atoms. The third kappa shape index (κ3) is 3.19. The first-order valence-corrected chi connectivity index (χ1v) is 9.38. The minimum absolute atomic E-state index is 0.152. The second-order valence-corrected chi connectivity index (χ2v) is 7.64. The van der Waals surface area contributed by atoms with E-state index in [-0.39, 0.29) is 5.41 Å². The summed E-state index contributed by atoms with van der Waals surface area (Å²) in [5, 5.41) is 8.32. The fraction of sp³-hybridized carbons (Fsp3) is 0.429. The number of fused-ring (bicyclic) bond motifs is 1. The molecule has 5 heteroatoms. The van der Waals surface area contributed by atoms with Gasteiger partial charge in [0.05, 0.1) is 5.69 Å². The van der Waals surface area contributed by atoms with Gasteiger partial charge < -0.3 is 10.2 Å². The van der Waals surface area contributed by atoms with Crippen LogP contribution in [0.3, 0.4) is 0 Å². The molecule has 1 saturated heterocycles. The summed E-state index contributed by atoms with van der Waals surface area (Å²) in [5.74, 6) is 1.02. The summed E-state index contributed by atoms with van der Waals surface area (Å²) in [6.07, 6.45) is 2.32. The van der Waals surface area contributed by atoms with E-state index in [0.29, 0.717) is 0 Å². The molecule has 1 aliphatic rings. The van der Waals surface area contributed by atoms with Crippen molar-refractivity contribution in [3.8, 4) is 0 Å². The van der Waals surface area contributed by atoms with Gasteiger partial charge in [0.15, 0.2) is 5.65 Å². The number of hydrogen-bond donors (Lipinski definition) is 1. The van der Waals surface area contributed by atoms with Crippen molar-refractivity contribution in [3.05, 3.63) is 59.4 Å². The molecule has 2 aromatic heterocycles. The van der Waals surface area contributed by atoms with Gasteiger partial charge in [-0.25, -0.2) is 4.98 Å². The van der Waals surface area contributed by atoms with Gasteiger partial charge in [-0.15, -0.1) is 0 Å². The van der Waals surface area contributed by atoms with Crippen molar-refractivity contribution < 1.29 is 0 Å². The van der Waals surface area contributed by atoms with E-state index >= 15 is 0 Å². The maximum atomic E-state index is 4.61. The summed E-state index contributed by atoms with van der Waals surface area (Å²) in [6.45, 7) is 7.21. The topological polar surface area (TPSA) is 45.5 Å². The largest absolute Gasteiger partial charge is 0.369 e. The third-order valence-corrected chi connectivity index (χ3v) is 5.62. The van der Waals surface area contributed by atoms with Crippen LogP contribution < -0.4 is 5.32 Å². The zero-order valence-electron chi connectivity index (χ0n) is 15.9. The molecule has 136 valence electrons. The van der Waals surface area contributed by atoms with Gasteiger partial charge in [-0.05, 0) is 52.4 Å². The van der Waals surface area contributed by atoms with Crippen molar-refractivity contribution in [2.75, 3.05) is 32.0 Å². The fourth-order valence-electron chi connectivity index (χ4n) is 4.01. The van der Waals surface area contributed by atoms with E-state index in [0.717, 1.165) is 55.3 Å². The highest BCUT2D eigenvalue weighted by Gasteiger charge is 2.35. The zero-order chi connectivity index (χ0) is 18.1. The van der Waals surface area contributed by atoms with Crippen LogP contribution >= 0.6 is 0 Å². The van der Waals surface area contributed by atoms with E-state index in [9.17, 15) is 0 Å². The summed E-state index contributed by atoms with van der Waals surface area (Å²) >= 11 is 0. The summed E-state index contributed by atoms with van der Waals surface area (Å²) in [6, 6.07) is 15.1. The number of nitrogens with zero attached hydrogens (tertiary/aromatic N) is 4. The average Bonchev–Trinajstić information content (AvgIpc) is 3.02. The molecule has 1 fully saturated rings. The first kappa shape index (κ1) is 17.0. The minimum atomic E-state index is 0.152. The predicted molar refractivity (Wildman–Crippen MR) is 106 cm³/mol. The summed E-state index contributed by atoms with van der Waals surface area (Å²) < 4.78 is 1.93. The van der Waals surface area contributed by atoms with E-state index < -0.39 is 0 Å². The van der Waals surface area contributed by atoms with Gasteiger partial charge in [0.25, 0.3) is 0 Å². The molecular formula is C21H27N5. The number of rotatable bonds is 4. The molecule has 3 heterocycles. The Kier molecular flexibility index (Phi) is 4.41. The van der Waals surface area contributed by atoms with Gasteiger partial charge in [-0.3, -0.25) is 0 Å². The van der Waals surface area contributed by atoms with Gasteiger partial charge >= 0.3 is 0 Å². The van der Waals surface area contributed by atoms with E-state index in [1.165, 1.54) is 5.56 Å². The van der Waals surface area contributed by atoms with Crippen molar-refractivity contribution in [1.82, 2.24) is 19.5 Å². The molecule has 1 aliphatic heterocycles. The molecule has 0 atom stereocenters. The molecule has 5 nitrogen and oxygen atoms in total. The van der Waals surface area contributed by atoms with Gasteiger partial charge in [0, 0.05) is 29.8 Å². The first-order valence-electron chi connectivity index (χ1n) is 9.38. The fourth-order valence-corrected chi connectivity index (χ4v) is 4.01. The van der Waals surface area contributed by atoms with E-state index in [1.54, 1.807) is 0 Å². The third-order valence-electron chi connectivity index (χ3n) is 5.62. The Morgan fingerprint density at radius 2 is 1.77 bits per heavy atom. The lowest BCUT2D eigenvalue weighted by Gasteiger charge is -2.41. The Morgan fingerprint density at radius 3 is 2.50 bits per heavy atom. The summed E-state index contributed by atoms with van der Waals surface area (Å²) in [4.78, 5) is 7.01. The smallest absolute Gasteiger partial charge is 0.157 e. The maximum Gasteiger partial charge on any atom is 0.157 e. The van der Waals surface area contributed by atoms with Crippen LogP contribution in [0.1, 0.15) is 29.8 Å². The van der Waals surface area contributed by atoms with Gasteiger partial charge in [0.1, 0.15) is 5.82 Å². The molecule has 0 radical (unpaired) electrons. The van der Waals surface area contributed by atoms with Crippen molar-refractivity contribution in [2.45, 2.75) is 32.1 Å². The highest BCUT2D eigenvalue weighted by Crippen LogP contribution is 2.35. The number of piperidine rings is 1. The van der Waals surface area contributed by atoms with Gasteiger partial charge in [-0.2, -0.15) is 9.61 Å². The molecule has 0 bridgehead atoms. The van der Waals surface area contributed by atoms with E-state index in [1.807, 2.05) is 24.4 Å². The average molecular weight is 349 g/mol. The number of hydrogen-bond acceptors (Lipinski definition) is 4. The molecule has 26 heavy (non-hydrogen) atoms. The van der Waals surface area contributed by atoms with Crippen molar-refractivity contribution in [1.29, 1.82) is 0 Å². The number of benzene rings is 1. The molecule has 0 unspecified atom stereocenters. The first-order chi connectivity index (χ1) is 12.6. The predicted octanol–water partition coefficient (Wildman–Crippen LogP) is 3.42. The van der Waals surface area contributed by atoms with Gasteiger partial charge in [0.2, 0.25) is 0 Å². The lowest BCUT2D eigenvalue weighted by atomic mass is 9.72. The van der Waals surface area contributed by atoms with Crippen molar-refractivity contribution >= 4 is 11.5 Å². The van der Waals surface area contributed by atoms with Gasteiger partial charge in [-0.1, -0.05) is 30.3 Å². The molecule has 3 aromatic rings. The van der Waals surface area contributed by atoms with Crippen LogP contribution in [-0.4, -0.2) is 46.2 Å². The molecule has 1 N–H and O–H groups in total. The maximum absolute atomic E-state index is 4.61. The van der Waals surface area contributed by atoms with Crippen LogP contribution in [0.25, 0.3) is 5.65 Å². The number of aryl methyl sites for hydroxylation is 2. The summed E-state index contributed by atoms with van der Waals surface area (Å²) in [5.41, 5.74) is 4.49. The second-order valence-electron chi connectivity index (χ2n) is 7.64. The monoisotopic (exact) mass is 349 g/mol. The number of nitrogens with one attached hydrogen (secondary N) is 1. The Balaban J connectivity index is 1.65. The lowest BCUT2D eigenvalue weighted by Crippen LogP contribution is -2.45. The SMILES string of the molecule is Cc1cc(NCC2(c3ccccc3)CCN(C)CC2)n2nc(C)cc2n1. The van der Waals surface area contributed by atoms with E-state index in [4.69, 9.17) is 0 Å². The number of anilines is 1. The number of aromatic nitrogens is 3. The Labute approximate surface area is 155 Å². The van der Waals surface area contributed by atoms with Crippen LogP contribution in [0.4, 0.5) is 5.82 Å². The van der Waals surface area contributed by atoms with Crippen LogP contribution in [0, 0.1) is 13.8 Å². The van der Waals surface area contributed by atoms with Crippen LogP contribution in [0.15, 0.2) is 42.5 Å². The molecular weight excluding hydrogens is 322 g/mol. The molecule has 0 amide bonds. The normalized spacial score (nSPS) is 17.5. The molecule has 0 aliphatic carbocycles. The molecule has 1 aromatic carbocycles. The van der Waals surface area contributed by atoms with Crippen molar-refractivity contribution in [3.63, 3.8) is 0 Å². The quantitative estimate of drug-likeness (QED) is 0.784. The van der Waals surface area contributed by atoms with E-state index in [2.05, 4.69) is 63.7 Å². The Bertz CT molecular complexity index is 891.